The Balaban J connectivity index is 1.75. The SMILES string of the molecule is CN(c1ccc(C(=O)Nc2ccc(F)cc2)cc1)S(=O)(=O)c1cccs1. The Morgan fingerprint density at radius 3 is 2.27 bits per heavy atom. The number of hydrogen-bond donors (Lipinski definition) is 1. The highest BCUT2D eigenvalue weighted by Gasteiger charge is 2.22. The predicted octanol–water partition coefficient (Wildman–Crippen LogP) is 3.96. The average molecular weight is 390 g/mol. The molecule has 0 aliphatic rings. The summed E-state index contributed by atoms with van der Waals surface area (Å²) in [5, 5.41) is 4.35. The Kier molecular flexibility index (Phi) is 5.06. The molecule has 134 valence electrons. The van der Waals surface area contributed by atoms with Crippen molar-refractivity contribution in [3.63, 3.8) is 0 Å². The maximum atomic E-state index is 12.9. The van der Waals surface area contributed by atoms with Crippen LogP contribution in [0.1, 0.15) is 10.4 Å². The van der Waals surface area contributed by atoms with Crippen molar-refractivity contribution in [2.24, 2.45) is 0 Å². The highest BCUT2D eigenvalue weighted by molar-refractivity contribution is 7.94. The van der Waals surface area contributed by atoms with E-state index in [1.807, 2.05) is 0 Å². The second-order valence-electron chi connectivity index (χ2n) is 5.41. The van der Waals surface area contributed by atoms with Crippen molar-refractivity contribution in [2.75, 3.05) is 16.7 Å². The van der Waals surface area contributed by atoms with Crippen LogP contribution >= 0.6 is 11.3 Å². The maximum Gasteiger partial charge on any atom is 0.273 e. The Bertz CT molecular complexity index is 1000. The van der Waals surface area contributed by atoms with Gasteiger partial charge in [-0.1, -0.05) is 6.07 Å². The summed E-state index contributed by atoms with van der Waals surface area (Å²) in [4.78, 5) is 12.2. The summed E-state index contributed by atoms with van der Waals surface area (Å²) in [6.45, 7) is 0. The molecule has 2 aromatic carbocycles. The first-order valence-electron chi connectivity index (χ1n) is 7.57. The van der Waals surface area contributed by atoms with E-state index in [-0.39, 0.29) is 15.9 Å². The Morgan fingerprint density at radius 1 is 1.04 bits per heavy atom. The highest BCUT2D eigenvalue weighted by Crippen LogP contribution is 2.25. The lowest BCUT2D eigenvalue weighted by Crippen LogP contribution is -2.25. The van der Waals surface area contributed by atoms with Gasteiger partial charge in [-0.05, 0) is 60.0 Å². The van der Waals surface area contributed by atoms with Gasteiger partial charge in [-0.2, -0.15) is 0 Å². The summed E-state index contributed by atoms with van der Waals surface area (Å²) in [5.41, 5.74) is 1.27. The number of carbonyl (C=O) groups excluding carboxylic acids is 1. The Morgan fingerprint density at radius 2 is 1.69 bits per heavy atom. The molecule has 0 saturated heterocycles. The third-order valence-corrected chi connectivity index (χ3v) is 6.86. The molecule has 3 aromatic rings. The van der Waals surface area contributed by atoms with Crippen molar-refractivity contribution in [1.82, 2.24) is 0 Å². The minimum absolute atomic E-state index is 0.248. The number of nitrogens with zero attached hydrogens (tertiary/aromatic N) is 1. The Hall–Kier alpha value is -2.71. The molecule has 26 heavy (non-hydrogen) atoms. The van der Waals surface area contributed by atoms with Gasteiger partial charge >= 0.3 is 0 Å². The van der Waals surface area contributed by atoms with Crippen molar-refractivity contribution >= 4 is 38.6 Å². The molecular formula is C18H15FN2O3S2. The number of halogens is 1. The molecular weight excluding hydrogens is 375 g/mol. The number of hydrogen-bond acceptors (Lipinski definition) is 4. The fourth-order valence-corrected chi connectivity index (χ4v) is 4.60. The third-order valence-electron chi connectivity index (χ3n) is 3.71. The monoisotopic (exact) mass is 390 g/mol. The summed E-state index contributed by atoms with van der Waals surface area (Å²) < 4.78 is 39.3. The number of thiophene rings is 1. The molecule has 0 atom stereocenters. The van der Waals surface area contributed by atoms with Crippen molar-refractivity contribution < 1.29 is 17.6 Å². The van der Waals surface area contributed by atoms with E-state index in [1.165, 1.54) is 47.8 Å². The number of carbonyl (C=O) groups is 1. The van der Waals surface area contributed by atoms with Gasteiger partial charge < -0.3 is 5.32 Å². The van der Waals surface area contributed by atoms with Crippen LogP contribution in [0.4, 0.5) is 15.8 Å². The molecule has 0 spiro atoms. The molecule has 0 bridgehead atoms. The van der Waals surface area contributed by atoms with Crippen molar-refractivity contribution in [3.8, 4) is 0 Å². The number of benzene rings is 2. The molecule has 0 aliphatic heterocycles. The molecule has 0 radical (unpaired) electrons. The van der Waals surface area contributed by atoms with E-state index in [0.29, 0.717) is 16.9 Å². The zero-order valence-electron chi connectivity index (χ0n) is 13.7. The molecule has 0 fully saturated rings. The van der Waals surface area contributed by atoms with E-state index < -0.39 is 10.0 Å². The van der Waals surface area contributed by atoms with Gasteiger partial charge in [0.1, 0.15) is 10.0 Å². The molecule has 0 aliphatic carbocycles. The molecule has 3 rings (SSSR count). The summed E-state index contributed by atoms with van der Waals surface area (Å²) in [7, 11) is -2.16. The van der Waals surface area contributed by atoms with E-state index in [1.54, 1.807) is 29.6 Å². The topological polar surface area (TPSA) is 66.5 Å². The second-order valence-corrected chi connectivity index (χ2v) is 8.56. The maximum absolute atomic E-state index is 12.9. The van der Waals surface area contributed by atoms with E-state index in [4.69, 9.17) is 0 Å². The Labute approximate surface area is 154 Å². The normalized spacial score (nSPS) is 11.2. The number of sulfonamides is 1. The largest absolute Gasteiger partial charge is 0.322 e. The first kappa shape index (κ1) is 18.1. The van der Waals surface area contributed by atoms with Gasteiger partial charge in [0, 0.05) is 18.3 Å². The summed E-state index contributed by atoms with van der Waals surface area (Å²) in [6.07, 6.45) is 0. The summed E-state index contributed by atoms with van der Waals surface area (Å²) in [6, 6.07) is 14.8. The van der Waals surface area contributed by atoms with Crippen LogP contribution in [0, 0.1) is 5.82 Å². The van der Waals surface area contributed by atoms with E-state index in [2.05, 4.69) is 5.32 Å². The minimum atomic E-state index is -3.62. The van der Waals surface area contributed by atoms with Gasteiger partial charge in [0.15, 0.2) is 0 Å². The third kappa shape index (κ3) is 3.76. The van der Waals surface area contributed by atoms with Crippen LogP contribution in [0.5, 0.6) is 0 Å². The van der Waals surface area contributed by atoms with Gasteiger partial charge in [-0.15, -0.1) is 11.3 Å². The predicted molar refractivity (Wildman–Crippen MR) is 101 cm³/mol. The lowest BCUT2D eigenvalue weighted by atomic mass is 10.2. The molecule has 1 amide bonds. The zero-order chi connectivity index (χ0) is 18.7. The second kappa shape index (κ2) is 7.27. The van der Waals surface area contributed by atoms with Crippen molar-refractivity contribution in [3.05, 3.63) is 77.4 Å². The molecule has 0 saturated carbocycles. The van der Waals surface area contributed by atoms with Crippen molar-refractivity contribution in [2.45, 2.75) is 4.21 Å². The lowest BCUT2D eigenvalue weighted by Gasteiger charge is -2.18. The molecule has 8 heteroatoms. The molecule has 1 N–H and O–H groups in total. The summed E-state index contributed by atoms with van der Waals surface area (Å²) in [5.74, 6) is -0.755. The summed E-state index contributed by atoms with van der Waals surface area (Å²) >= 11 is 1.14. The van der Waals surface area contributed by atoms with Crippen LogP contribution < -0.4 is 9.62 Å². The van der Waals surface area contributed by atoms with Gasteiger partial charge in [-0.25, -0.2) is 12.8 Å². The number of anilines is 2. The number of amides is 1. The minimum Gasteiger partial charge on any atom is -0.322 e. The lowest BCUT2D eigenvalue weighted by molar-refractivity contribution is 0.102. The molecule has 1 heterocycles. The van der Waals surface area contributed by atoms with E-state index >= 15 is 0 Å². The van der Waals surface area contributed by atoms with Crippen LogP contribution in [0.2, 0.25) is 0 Å². The zero-order valence-corrected chi connectivity index (χ0v) is 15.4. The van der Waals surface area contributed by atoms with E-state index in [9.17, 15) is 17.6 Å². The average Bonchev–Trinajstić information content (AvgIpc) is 3.18. The van der Waals surface area contributed by atoms with Gasteiger partial charge in [0.05, 0.1) is 5.69 Å². The smallest absolute Gasteiger partial charge is 0.273 e. The fraction of sp³-hybridized carbons (Fsp3) is 0.0556. The number of rotatable bonds is 5. The fourth-order valence-electron chi connectivity index (χ4n) is 2.24. The van der Waals surface area contributed by atoms with Gasteiger partial charge in [0.2, 0.25) is 0 Å². The van der Waals surface area contributed by atoms with Crippen LogP contribution in [0.15, 0.2) is 70.3 Å². The van der Waals surface area contributed by atoms with Crippen LogP contribution in [0.25, 0.3) is 0 Å². The molecule has 0 unspecified atom stereocenters. The van der Waals surface area contributed by atoms with Crippen LogP contribution in [-0.2, 0) is 10.0 Å². The van der Waals surface area contributed by atoms with E-state index in [0.717, 1.165) is 11.3 Å². The van der Waals surface area contributed by atoms with Crippen LogP contribution in [-0.4, -0.2) is 21.4 Å². The van der Waals surface area contributed by atoms with Crippen molar-refractivity contribution in [1.29, 1.82) is 0 Å². The van der Waals surface area contributed by atoms with Gasteiger partial charge in [-0.3, -0.25) is 9.10 Å². The standard InChI is InChI=1S/C18H15FN2O3S2/c1-21(26(23,24)17-3-2-12-25-17)16-10-4-13(5-11-16)18(22)20-15-8-6-14(19)7-9-15/h2-12H,1H3,(H,20,22). The van der Waals surface area contributed by atoms with Crippen LogP contribution in [0.3, 0.4) is 0 Å². The highest BCUT2D eigenvalue weighted by atomic mass is 32.2. The van der Waals surface area contributed by atoms with Gasteiger partial charge in [0.25, 0.3) is 15.9 Å². The number of nitrogens with one attached hydrogen (secondary N) is 1. The molecule has 5 nitrogen and oxygen atoms in total. The quantitative estimate of drug-likeness (QED) is 0.717. The first-order chi connectivity index (χ1) is 12.4. The first-order valence-corrected chi connectivity index (χ1v) is 9.89. The molecule has 1 aromatic heterocycles.